The second-order valence-corrected chi connectivity index (χ2v) is 7.85. The van der Waals surface area contributed by atoms with Crippen molar-refractivity contribution in [2.24, 2.45) is 0 Å². The lowest BCUT2D eigenvalue weighted by atomic mass is 10.1. The molecule has 2 aliphatic heterocycles. The third kappa shape index (κ3) is 5.37. The number of carbonyl (C=O) groups excluding carboxylic acids is 1. The van der Waals surface area contributed by atoms with Crippen LogP contribution >= 0.6 is 0 Å². The molecule has 2 heterocycles. The Bertz CT molecular complexity index is 766. The van der Waals surface area contributed by atoms with Crippen LogP contribution in [0.15, 0.2) is 54.6 Å². The van der Waals surface area contributed by atoms with Gasteiger partial charge in [0.25, 0.3) is 5.91 Å². The SMILES string of the molecule is O=C(NC[C@@H](c1ccccc1)N1CCCC1)c1ccc(OC[C@@H]2CCCO2)cc1. The minimum atomic E-state index is -0.0456. The number of ether oxygens (including phenoxy) is 2. The van der Waals surface area contributed by atoms with E-state index in [1.807, 2.05) is 30.3 Å². The zero-order chi connectivity index (χ0) is 19.9. The molecule has 154 valence electrons. The van der Waals surface area contributed by atoms with E-state index in [-0.39, 0.29) is 18.1 Å². The first-order valence-corrected chi connectivity index (χ1v) is 10.7. The summed E-state index contributed by atoms with van der Waals surface area (Å²) in [6, 6.07) is 18.1. The van der Waals surface area contributed by atoms with Crippen molar-refractivity contribution in [1.82, 2.24) is 10.2 Å². The first kappa shape index (κ1) is 19.9. The van der Waals surface area contributed by atoms with E-state index in [0.717, 1.165) is 38.3 Å². The monoisotopic (exact) mass is 394 g/mol. The number of likely N-dealkylation sites (tertiary alicyclic amines) is 1. The highest BCUT2D eigenvalue weighted by Crippen LogP contribution is 2.24. The summed E-state index contributed by atoms with van der Waals surface area (Å²) in [5, 5.41) is 3.13. The molecule has 5 heteroatoms. The molecule has 0 aliphatic carbocycles. The Labute approximate surface area is 173 Å². The molecule has 2 atom stereocenters. The van der Waals surface area contributed by atoms with E-state index in [4.69, 9.17) is 9.47 Å². The maximum absolute atomic E-state index is 12.7. The summed E-state index contributed by atoms with van der Waals surface area (Å²) < 4.78 is 11.4. The third-order valence-electron chi connectivity index (χ3n) is 5.80. The molecule has 0 spiro atoms. The largest absolute Gasteiger partial charge is 0.491 e. The van der Waals surface area contributed by atoms with Crippen molar-refractivity contribution in [2.75, 3.05) is 32.8 Å². The number of hydrogen-bond acceptors (Lipinski definition) is 4. The minimum absolute atomic E-state index is 0.0456. The van der Waals surface area contributed by atoms with Gasteiger partial charge in [0.1, 0.15) is 12.4 Å². The fraction of sp³-hybridized carbons (Fsp3) is 0.458. The lowest BCUT2D eigenvalue weighted by Crippen LogP contribution is -2.36. The number of nitrogens with one attached hydrogen (secondary N) is 1. The molecule has 2 fully saturated rings. The molecule has 2 aliphatic rings. The van der Waals surface area contributed by atoms with Gasteiger partial charge in [0.2, 0.25) is 0 Å². The van der Waals surface area contributed by atoms with Gasteiger partial charge in [-0.05, 0) is 68.6 Å². The second-order valence-electron chi connectivity index (χ2n) is 7.85. The Kier molecular flexibility index (Phi) is 6.80. The van der Waals surface area contributed by atoms with Gasteiger partial charge < -0.3 is 14.8 Å². The van der Waals surface area contributed by atoms with Crippen LogP contribution in [0.4, 0.5) is 0 Å². The van der Waals surface area contributed by atoms with Crippen molar-refractivity contribution in [3.63, 3.8) is 0 Å². The average molecular weight is 395 g/mol. The highest BCUT2D eigenvalue weighted by atomic mass is 16.5. The molecule has 2 saturated heterocycles. The normalized spacial score (nSPS) is 20.5. The van der Waals surface area contributed by atoms with Crippen LogP contribution in [0, 0.1) is 0 Å². The van der Waals surface area contributed by atoms with E-state index in [1.165, 1.54) is 18.4 Å². The van der Waals surface area contributed by atoms with Crippen molar-refractivity contribution in [2.45, 2.75) is 37.8 Å². The van der Waals surface area contributed by atoms with Crippen molar-refractivity contribution in [3.8, 4) is 5.75 Å². The van der Waals surface area contributed by atoms with Crippen LogP contribution in [0.25, 0.3) is 0 Å². The quantitative estimate of drug-likeness (QED) is 0.740. The summed E-state index contributed by atoms with van der Waals surface area (Å²) in [5.41, 5.74) is 1.91. The topological polar surface area (TPSA) is 50.8 Å². The Morgan fingerprint density at radius 1 is 1.07 bits per heavy atom. The van der Waals surface area contributed by atoms with Gasteiger partial charge in [0.15, 0.2) is 0 Å². The summed E-state index contributed by atoms with van der Waals surface area (Å²) in [6.07, 6.45) is 4.81. The van der Waals surface area contributed by atoms with Crippen molar-refractivity contribution in [1.29, 1.82) is 0 Å². The van der Waals surface area contributed by atoms with Gasteiger partial charge in [-0.15, -0.1) is 0 Å². The van der Waals surface area contributed by atoms with E-state index in [0.29, 0.717) is 18.7 Å². The molecule has 0 unspecified atom stereocenters. The van der Waals surface area contributed by atoms with Crippen molar-refractivity contribution >= 4 is 5.91 Å². The molecular weight excluding hydrogens is 364 g/mol. The summed E-state index contributed by atoms with van der Waals surface area (Å²) in [6.45, 7) is 4.19. The highest BCUT2D eigenvalue weighted by molar-refractivity contribution is 5.94. The number of nitrogens with zero attached hydrogens (tertiary/aromatic N) is 1. The molecule has 0 bridgehead atoms. The molecular formula is C24H30N2O3. The van der Waals surface area contributed by atoms with Crippen LogP contribution in [0.1, 0.15) is 47.6 Å². The molecule has 1 amide bonds. The fourth-order valence-electron chi connectivity index (χ4n) is 4.15. The predicted molar refractivity (Wildman–Crippen MR) is 113 cm³/mol. The molecule has 0 saturated carbocycles. The zero-order valence-corrected chi connectivity index (χ0v) is 16.9. The van der Waals surface area contributed by atoms with Gasteiger partial charge in [0, 0.05) is 18.7 Å². The van der Waals surface area contributed by atoms with Crippen LogP contribution in [0.3, 0.4) is 0 Å². The fourth-order valence-corrected chi connectivity index (χ4v) is 4.15. The van der Waals surface area contributed by atoms with E-state index in [1.54, 1.807) is 0 Å². The molecule has 0 radical (unpaired) electrons. The van der Waals surface area contributed by atoms with Gasteiger partial charge in [0.05, 0.1) is 12.1 Å². The molecule has 2 aromatic rings. The lowest BCUT2D eigenvalue weighted by molar-refractivity contribution is 0.0679. The summed E-state index contributed by atoms with van der Waals surface area (Å²) in [7, 11) is 0. The van der Waals surface area contributed by atoms with Crippen LogP contribution in [0.2, 0.25) is 0 Å². The number of amides is 1. The average Bonchev–Trinajstić information content (AvgIpc) is 3.48. The van der Waals surface area contributed by atoms with E-state index >= 15 is 0 Å². The van der Waals surface area contributed by atoms with Gasteiger partial charge in [-0.1, -0.05) is 30.3 Å². The molecule has 2 aromatic carbocycles. The number of carbonyl (C=O) groups is 1. The highest BCUT2D eigenvalue weighted by Gasteiger charge is 2.24. The van der Waals surface area contributed by atoms with Gasteiger partial charge >= 0.3 is 0 Å². The van der Waals surface area contributed by atoms with E-state index in [2.05, 4.69) is 34.5 Å². The minimum Gasteiger partial charge on any atom is -0.491 e. The molecule has 29 heavy (non-hydrogen) atoms. The van der Waals surface area contributed by atoms with Crippen molar-refractivity contribution in [3.05, 3.63) is 65.7 Å². The molecule has 5 nitrogen and oxygen atoms in total. The Morgan fingerprint density at radius 2 is 1.83 bits per heavy atom. The Morgan fingerprint density at radius 3 is 2.52 bits per heavy atom. The first-order chi connectivity index (χ1) is 14.3. The van der Waals surface area contributed by atoms with Crippen LogP contribution < -0.4 is 10.1 Å². The standard InChI is InChI=1S/C24H30N2O3/c27-24(20-10-12-21(13-11-20)29-18-22-9-6-16-28-22)25-17-23(26-14-4-5-15-26)19-7-2-1-3-8-19/h1-3,7-8,10-13,22-23H,4-6,9,14-18H2,(H,25,27)/t22-,23-/m0/s1. The summed E-state index contributed by atoms with van der Waals surface area (Å²) >= 11 is 0. The zero-order valence-electron chi connectivity index (χ0n) is 16.9. The van der Waals surface area contributed by atoms with Gasteiger partial charge in [-0.2, -0.15) is 0 Å². The maximum Gasteiger partial charge on any atom is 0.251 e. The Balaban J connectivity index is 1.32. The lowest BCUT2D eigenvalue weighted by Gasteiger charge is -2.28. The molecule has 4 rings (SSSR count). The van der Waals surface area contributed by atoms with Gasteiger partial charge in [-0.25, -0.2) is 0 Å². The third-order valence-corrected chi connectivity index (χ3v) is 5.80. The summed E-state index contributed by atoms with van der Waals surface area (Å²) in [4.78, 5) is 15.2. The first-order valence-electron chi connectivity index (χ1n) is 10.7. The predicted octanol–water partition coefficient (Wildman–Crippen LogP) is 3.81. The summed E-state index contributed by atoms with van der Waals surface area (Å²) in [5.74, 6) is 0.729. The Hall–Kier alpha value is -2.37. The van der Waals surface area contributed by atoms with Crippen molar-refractivity contribution < 1.29 is 14.3 Å². The number of hydrogen-bond donors (Lipinski definition) is 1. The molecule has 1 N–H and O–H groups in total. The second kappa shape index (κ2) is 9.90. The number of benzene rings is 2. The smallest absolute Gasteiger partial charge is 0.251 e. The van der Waals surface area contributed by atoms with Crippen LogP contribution in [0.5, 0.6) is 5.75 Å². The van der Waals surface area contributed by atoms with Crippen LogP contribution in [-0.2, 0) is 4.74 Å². The maximum atomic E-state index is 12.7. The van der Waals surface area contributed by atoms with Crippen LogP contribution in [-0.4, -0.2) is 49.8 Å². The van der Waals surface area contributed by atoms with E-state index < -0.39 is 0 Å². The number of rotatable bonds is 8. The van der Waals surface area contributed by atoms with Gasteiger partial charge in [-0.3, -0.25) is 9.69 Å². The van der Waals surface area contributed by atoms with E-state index in [9.17, 15) is 4.79 Å². The molecule has 0 aromatic heterocycles.